The largest absolute Gasteiger partial charge is 0.394 e. The molecule has 0 heterocycles. The SMILES string of the molecule is CCC(Br)C(=O)NC(C)(CO)CO. The predicted molar refractivity (Wildman–Crippen MR) is 53.7 cm³/mol. The molecular weight excluding hydrogens is 238 g/mol. The van der Waals surface area contributed by atoms with Crippen molar-refractivity contribution in [2.24, 2.45) is 0 Å². The number of aliphatic hydroxyl groups is 2. The van der Waals surface area contributed by atoms with Crippen LogP contribution < -0.4 is 5.32 Å². The lowest BCUT2D eigenvalue weighted by Gasteiger charge is -2.27. The van der Waals surface area contributed by atoms with E-state index in [1.165, 1.54) is 0 Å². The van der Waals surface area contributed by atoms with Gasteiger partial charge in [-0.15, -0.1) is 0 Å². The molecule has 13 heavy (non-hydrogen) atoms. The molecular formula is C8H16BrNO3. The molecule has 0 aromatic heterocycles. The first-order valence-electron chi connectivity index (χ1n) is 4.17. The van der Waals surface area contributed by atoms with Crippen LogP contribution in [0.2, 0.25) is 0 Å². The minimum atomic E-state index is -0.932. The van der Waals surface area contributed by atoms with Crippen molar-refractivity contribution in [1.29, 1.82) is 0 Å². The van der Waals surface area contributed by atoms with Gasteiger partial charge in [-0.2, -0.15) is 0 Å². The normalized spacial score (nSPS) is 13.9. The van der Waals surface area contributed by atoms with Crippen molar-refractivity contribution >= 4 is 21.8 Å². The predicted octanol–water partition coefficient (Wildman–Crippen LogP) is 0.0194. The third kappa shape index (κ3) is 4.06. The third-order valence-corrected chi connectivity index (χ3v) is 2.83. The van der Waals surface area contributed by atoms with Crippen LogP contribution in [0.3, 0.4) is 0 Å². The van der Waals surface area contributed by atoms with Crippen LogP contribution in [0, 0.1) is 0 Å². The molecule has 0 saturated carbocycles. The van der Waals surface area contributed by atoms with Gasteiger partial charge in [0.1, 0.15) is 0 Å². The average Bonchev–Trinajstić information content (AvgIpc) is 2.16. The lowest BCUT2D eigenvalue weighted by Crippen LogP contribution is -2.53. The molecule has 0 aliphatic carbocycles. The molecule has 0 spiro atoms. The maximum atomic E-state index is 11.3. The van der Waals surface area contributed by atoms with E-state index < -0.39 is 5.54 Å². The first-order valence-corrected chi connectivity index (χ1v) is 5.08. The van der Waals surface area contributed by atoms with Crippen LogP contribution in [-0.4, -0.2) is 39.7 Å². The smallest absolute Gasteiger partial charge is 0.234 e. The first-order chi connectivity index (χ1) is 5.99. The summed E-state index contributed by atoms with van der Waals surface area (Å²) in [6.07, 6.45) is 0.665. The zero-order valence-corrected chi connectivity index (χ0v) is 9.47. The summed E-state index contributed by atoms with van der Waals surface area (Å²) in [7, 11) is 0. The monoisotopic (exact) mass is 253 g/mol. The molecule has 5 heteroatoms. The number of aliphatic hydroxyl groups excluding tert-OH is 2. The Kier molecular flexibility index (Phi) is 5.51. The molecule has 0 bridgehead atoms. The average molecular weight is 254 g/mol. The van der Waals surface area contributed by atoms with E-state index in [0.717, 1.165) is 0 Å². The number of halogens is 1. The highest BCUT2D eigenvalue weighted by atomic mass is 79.9. The van der Waals surface area contributed by atoms with Crippen molar-refractivity contribution < 1.29 is 15.0 Å². The van der Waals surface area contributed by atoms with Gasteiger partial charge in [0.25, 0.3) is 0 Å². The number of carbonyl (C=O) groups is 1. The molecule has 0 saturated heterocycles. The quantitative estimate of drug-likeness (QED) is 0.606. The molecule has 0 fully saturated rings. The van der Waals surface area contributed by atoms with Crippen LogP contribution in [0.25, 0.3) is 0 Å². The minimum absolute atomic E-state index is 0.215. The van der Waals surface area contributed by atoms with Gasteiger partial charge in [-0.25, -0.2) is 0 Å². The number of rotatable bonds is 5. The van der Waals surface area contributed by atoms with Crippen molar-refractivity contribution in [3.05, 3.63) is 0 Å². The molecule has 0 rings (SSSR count). The van der Waals surface area contributed by atoms with E-state index in [2.05, 4.69) is 21.2 Å². The second kappa shape index (κ2) is 5.57. The van der Waals surface area contributed by atoms with Crippen molar-refractivity contribution in [2.75, 3.05) is 13.2 Å². The highest BCUT2D eigenvalue weighted by molar-refractivity contribution is 9.10. The van der Waals surface area contributed by atoms with Crippen LogP contribution in [-0.2, 0) is 4.79 Å². The van der Waals surface area contributed by atoms with Gasteiger partial charge in [0.15, 0.2) is 0 Å². The van der Waals surface area contributed by atoms with Gasteiger partial charge in [0, 0.05) is 0 Å². The summed E-state index contributed by atoms with van der Waals surface area (Å²) >= 11 is 3.18. The van der Waals surface area contributed by atoms with E-state index in [-0.39, 0.29) is 23.9 Å². The van der Waals surface area contributed by atoms with Crippen LogP contribution in [0.4, 0.5) is 0 Å². The molecule has 0 aromatic rings. The second-order valence-electron chi connectivity index (χ2n) is 3.24. The maximum Gasteiger partial charge on any atom is 0.234 e. The number of hydrogen-bond donors (Lipinski definition) is 3. The van der Waals surface area contributed by atoms with Crippen LogP contribution in [0.1, 0.15) is 20.3 Å². The zero-order chi connectivity index (χ0) is 10.5. The number of carbonyl (C=O) groups excluding carboxylic acids is 1. The van der Waals surface area contributed by atoms with Gasteiger partial charge in [-0.05, 0) is 13.3 Å². The molecule has 1 amide bonds. The van der Waals surface area contributed by atoms with E-state index in [1.807, 2.05) is 6.92 Å². The molecule has 1 atom stereocenters. The van der Waals surface area contributed by atoms with Gasteiger partial charge in [-0.1, -0.05) is 22.9 Å². The lowest BCUT2D eigenvalue weighted by atomic mass is 10.1. The Labute approximate surface area is 86.5 Å². The van der Waals surface area contributed by atoms with Crippen molar-refractivity contribution in [3.8, 4) is 0 Å². The molecule has 4 nitrogen and oxygen atoms in total. The standard InChI is InChI=1S/C8H16BrNO3/c1-3-6(9)7(13)10-8(2,4-11)5-12/h6,11-12H,3-5H2,1-2H3,(H,10,13). The fourth-order valence-corrected chi connectivity index (χ4v) is 0.805. The van der Waals surface area contributed by atoms with Gasteiger partial charge in [0.2, 0.25) is 5.91 Å². The number of nitrogens with one attached hydrogen (secondary N) is 1. The molecule has 1 unspecified atom stereocenters. The first kappa shape index (κ1) is 12.9. The zero-order valence-electron chi connectivity index (χ0n) is 7.88. The van der Waals surface area contributed by atoms with Crippen LogP contribution in [0.5, 0.6) is 0 Å². The summed E-state index contributed by atoms with van der Waals surface area (Å²) in [5.41, 5.74) is -0.932. The fourth-order valence-electron chi connectivity index (χ4n) is 0.690. The summed E-state index contributed by atoms with van der Waals surface area (Å²) < 4.78 is 0. The summed E-state index contributed by atoms with van der Waals surface area (Å²) in [5.74, 6) is -0.215. The molecule has 3 N–H and O–H groups in total. The number of hydrogen-bond acceptors (Lipinski definition) is 3. The highest BCUT2D eigenvalue weighted by Crippen LogP contribution is 2.08. The highest BCUT2D eigenvalue weighted by Gasteiger charge is 2.26. The van der Waals surface area contributed by atoms with Crippen molar-refractivity contribution in [3.63, 3.8) is 0 Å². The molecule has 78 valence electrons. The Balaban J connectivity index is 4.17. The molecule has 0 aliphatic heterocycles. The van der Waals surface area contributed by atoms with Crippen LogP contribution in [0.15, 0.2) is 0 Å². The Hall–Kier alpha value is -0.130. The van der Waals surface area contributed by atoms with Gasteiger partial charge in [-0.3, -0.25) is 4.79 Å². The Morgan fingerprint density at radius 2 is 2.00 bits per heavy atom. The van der Waals surface area contributed by atoms with E-state index in [0.29, 0.717) is 6.42 Å². The lowest BCUT2D eigenvalue weighted by molar-refractivity contribution is -0.123. The van der Waals surface area contributed by atoms with Crippen molar-refractivity contribution in [2.45, 2.75) is 30.6 Å². The fraction of sp³-hybridized carbons (Fsp3) is 0.875. The van der Waals surface area contributed by atoms with Gasteiger partial charge >= 0.3 is 0 Å². The maximum absolute atomic E-state index is 11.3. The second-order valence-corrected chi connectivity index (χ2v) is 4.35. The van der Waals surface area contributed by atoms with Gasteiger partial charge < -0.3 is 15.5 Å². The Bertz CT molecular complexity index is 171. The minimum Gasteiger partial charge on any atom is -0.394 e. The van der Waals surface area contributed by atoms with E-state index in [9.17, 15) is 4.79 Å². The topological polar surface area (TPSA) is 69.6 Å². The summed E-state index contributed by atoms with van der Waals surface area (Å²) in [5, 5.41) is 20.4. The molecule has 0 aliphatic rings. The van der Waals surface area contributed by atoms with E-state index in [4.69, 9.17) is 10.2 Å². The van der Waals surface area contributed by atoms with E-state index >= 15 is 0 Å². The number of alkyl halides is 1. The van der Waals surface area contributed by atoms with E-state index in [1.54, 1.807) is 6.92 Å². The van der Waals surface area contributed by atoms with Crippen molar-refractivity contribution in [1.82, 2.24) is 5.32 Å². The van der Waals surface area contributed by atoms with Crippen LogP contribution >= 0.6 is 15.9 Å². The third-order valence-electron chi connectivity index (χ3n) is 1.77. The number of amides is 1. The molecule has 0 radical (unpaired) electrons. The van der Waals surface area contributed by atoms with Gasteiger partial charge in [0.05, 0.1) is 23.6 Å². The molecule has 0 aromatic carbocycles. The Morgan fingerprint density at radius 1 is 1.54 bits per heavy atom. The summed E-state index contributed by atoms with van der Waals surface area (Å²) in [6.45, 7) is 2.89. The summed E-state index contributed by atoms with van der Waals surface area (Å²) in [4.78, 5) is 11.1. The Morgan fingerprint density at radius 3 is 2.31 bits per heavy atom. The summed E-state index contributed by atoms with van der Waals surface area (Å²) in [6, 6.07) is 0.